The van der Waals surface area contributed by atoms with E-state index in [0.717, 1.165) is 23.2 Å². The topological polar surface area (TPSA) is 39.2 Å². The summed E-state index contributed by atoms with van der Waals surface area (Å²) in [6.45, 7) is 2.05. The Morgan fingerprint density at radius 2 is 2.15 bits per heavy atom. The van der Waals surface area contributed by atoms with Gasteiger partial charge in [-0.15, -0.1) is 0 Å². The molecule has 2 nitrogen and oxygen atoms in total. The fourth-order valence-electron chi connectivity index (χ4n) is 1.39. The number of nitrogens with two attached hydrogens (primary N) is 1. The molecule has 0 radical (unpaired) electrons. The maximum Gasteiger partial charge on any atom is 0.134 e. The third kappa shape index (κ3) is 1.45. The molecule has 2 rings (SSSR count). The lowest BCUT2D eigenvalue weighted by atomic mass is 10.2. The number of fused-ring (bicyclic) bond motifs is 1. The molecule has 2 N–H and O–H groups in total. The number of para-hydroxylation sites is 1. The Labute approximate surface area is 77.3 Å². The molecule has 0 bridgehead atoms. The van der Waals surface area contributed by atoms with Gasteiger partial charge in [0.1, 0.15) is 11.3 Å². The standard InChI is InChI=1S/C11H13NO/c1-2-9(12)11-7-8-5-3-4-6-10(8)13-11/h3-7,9H,2,12H2,1H3/t9-/m1/s1. The van der Waals surface area contributed by atoms with Gasteiger partial charge in [-0.3, -0.25) is 0 Å². The van der Waals surface area contributed by atoms with Crippen LogP contribution in [0.3, 0.4) is 0 Å². The van der Waals surface area contributed by atoms with Crippen molar-refractivity contribution in [1.29, 1.82) is 0 Å². The summed E-state index contributed by atoms with van der Waals surface area (Å²) in [7, 11) is 0. The number of hydrogen-bond donors (Lipinski definition) is 1. The van der Waals surface area contributed by atoms with Crippen molar-refractivity contribution in [3.05, 3.63) is 36.1 Å². The van der Waals surface area contributed by atoms with E-state index in [4.69, 9.17) is 10.2 Å². The zero-order valence-corrected chi connectivity index (χ0v) is 7.66. The smallest absolute Gasteiger partial charge is 0.134 e. The molecule has 1 aromatic heterocycles. The molecule has 0 aliphatic heterocycles. The molecule has 0 saturated heterocycles. The van der Waals surface area contributed by atoms with E-state index in [1.165, 1.54) is 0 Å². The maximum atomic E-state index is 5.86. The largest absolute Gasteiger partial charge is 0.459 e. The van der Waals surface area contributed by atoms with Crippen molar-refractivity contribution >= 4 is 11.0 Å². The molecule has 0 saturated carbocycles. The van der Waals surface area contributed by atoms with Gasteiger partial charge in [-0.1, -0.05) is 25.1 Å². The highest BCUT2D eigenvalue weighted by atomic mass is 16.3. The third-order valence-electron chi connectivity index (χ3n) is 2.25. The lowest BCUT2D eigenvalue weighted by Crippen LogP contribution is -2.06. The van der Waals surface area contributed by atoms with Gasteiger partial charge in [-0.2, -0.15) is 0 Å². The molecule has 2 aromatic rings. The van der Waals surface area contributed by atoms with Gasteiger partial charge in [0.05, 0.1) is 6.04 Å². The van der Waals surface area contributed by atoms with Crippen molar-refractivity contribution in [2.24, 2.45) is 5.73 Å². The fourth-order valence-corrected chi connectivity index (χ4v) is 1.39. The minimum Gasteiger partial charge on any atom is -0.459 e. The van der Waals surface area contributed by atoms with Crippen LogP contribution in [0.15, 0.2) is 34.7 Å². The molecule has 0 spiro atoms. The summed E-state index contributed by atoms with van der Waals surface area (Å²) in [5.74, 6) is 0.878. The van der Waals surface area contributed by atoms with E-state index in [1.54, 1.807) is 0 Å². The number of hydrogen-bond acceptors (Lipinski definition) is 2. The summed E-state index contributed by atoms with van der Waals surface area (Å²) in [5, 5.41) is 1.13. The third-order valence-corrected chi connectivity index (χ3v) is 2.25. The van der Waals surface area contributed by atoms with Crippen LogP contribution in [0.25, 0.3) is 11.0 Å². The Bertz CT molecular complexity index is 372. The second-order valence-corrected chi connectivity index (χ2v) is 3.20. The minimum atomic E-state index is 0.0207. The van der Waals surface area contributed by atoms with Crippen LogP contribution < -0.4 is 5.73 Å². The van der Waals surface area contributed by atoms with E-state index in [-0.39, 0.29) is 6.04 Å². The molecule has 0 aliphatic carbocycles. The molecule has 1 atom stereocenters. The van der Waals surface area contributed by atoms with Gasteiger partial charge < -0.3 is 10.2 Å². The molecule has 1 heterocycles. The predicted molar refractivity (Wildman–Crippen MR) is 53.4 cm³/mol. The Balaban J connectivity index is 2.49. The van der Waals surface area contributed by atoms with Crippen molar-refractivity contribution in [2.45, 2.75) is 19.4 Å². The van der Waals surface area contributed by atoms with Gasteiger partial charge in [0.25, 0.3) is 0 Å². The predicted octanol–water partition coefficient (Wildman–Crippen LogP) is 2.84. The highest BCUT2D eigenvalue weighted by molar-refractivity contribution is 5.77. The molecule has 2 heteroatoms. The SMILES string of the molecule is CC[C@@H](N)c1cc2ccccc2o1. The van der Waals surface area contributed by atoms with Crippen LogP contribution in [-0.2, 0) is 0 Å². The molecule has 0 fully saturated rings. The second kappa shape index (κ2) is 3.23. The lowest BCUT2D eigenvalue weighted by Gasteiger charge is -2.02. The minimum absolute atomic E-state index is 0.0207. The first kappa shape index (κ1) is 8.32. The molecular formula is C11H13NO. The highest BCUT2D eigenvalue weighted by Gasteiger charge is 2.08. The number of furan rings is 1. The molecular weight excluding hydrogens is 162 g/mol. The van der Waals surface area contributed by atoms with Crippen molar-refractivity contribution < 1.29 is 4.42 Å². The van der Waals surface area contributed by atoms with Crippen LogP contribution in [0.2, 0.25) is 0 Å². The normalized spacial score (nSPS) is 13.4. The molecule has 68 valence electrons. The molecule has 13 heavy (non-hydrogen) atoms. The van der Waals surface area contributed by atoms with E-state index >= 15 is 0 Å². The van der Waals surface area contributed by atoms with Crippen LogP contribution in [-0.4, -0.2) is 0 Å². The zero-order valence-electron chi connectivity index (χ0n) is 7.66. The summed E-state index contributed by atoms with van der Waals surface area (Å²) in [5.41, 5.74) is 6.78. The summed E-state index contributed by atoms with van der Waals surface area (Å²) < 4.78 is 5.60. The van der Waals surface area contributed by atoms with Gasteiger partial charge in [-0.25, -0.2) is 0 Å². The monoisotopic (exact) mass is 175 g/mol. The number of benzene rings is 1. The van der Waals surface area contributed by atoms with Gasteiger partial charge in [0.15, 0.2) is 0 Å². The summed E-state index contributed by atoms with van der Waals surface area (Å²) >= 11 is 0. The Hall–Kier alpha value is -1.28. The van der Waals surface area contributed by atoms with Gasteiger partial charge in [-0.05, 0) is 18.6 Å². The van der Waals surface area contributed by atoms with Crippen LogP contribution in [0, 0.1) is 0 Å². The van der Waals surface area contributed by atoms with Gasteiger partial charge in [0.2, 0.25) is 0 Å². The van der Waals surface area contributed by atoms with E-state index < -0.39 is 0 Å². The Morgan fingerprint density at radius 1 is 1.38 bits per heavy atom. The average molecular weight is 175 g/mol. The number of rotatable bonds is 2. The van der Waals surface area contributed by atoms with E-state index in [0.29, 0.717) is 0 Å². The second-order valence-electron chi connectivity index (χ2n) is 3.20. The molecule has 0 aliphatic rings. The van der Waals surface area contributed by atoms with E-state index in [1.807, 2.05) is 30.3 Å². The van der Waals surface area contributed by atoms with E-state index in [2.05, 4.69) is 6.92 Å². The van der Waals surface area contributed by atoms with E-state index in [9.17, 15) is 0 Å². The lowest BCUT2D eigenvalue weighted by molar-refractivity contribution is 0.488. The summed E-state index contributed by atoms with van der Waals surface area (Å²) in [6.07, 6.45) is 0.903. The van der Waals surface area contributed by atoms with Crippen LogP contribution >= 0.6 is 0 Å². The maximum absolute atomic E-state index is 5.86. The molecule has 0 unspecified atom stereocenters. The average Bonchev–Trinajstić information content (AvgIpc) is 2.59. The van der Waals surface area contributed by atoms with Crippen molar-refractivity contribution in [3.63, 3.8) is 0 Å². The van der Waals surface area contributed by atoms with Crippen molar-refractivity contribution in [3.8, 4) is 0 Å². The van der Waals surface area contributed by atoms with Crippen molar-refractivity contribution in [1.82, 2.24) is 0 Å². The van der Waals surface area contributed by atoms with Gasteiger partial charge in [0, 0.05) is 5.39 Å². The van der Waals surface area contributed by atoms with Crippen molar-refractivity contribution in [2.75, 3.05) is 0 Å². The Kier molecular flexibility index (Phi) is 2.07. The first-order valence-electron chi connectivity index (χ1n) is 4.55. The van der Waals surface area contributed by atoms with Gasteiger partial charge >= 0.3 is 0 Å². The first-order chi connectivity index (χ1) is 6.31. The Morgan fingerprint density at radius 3 is 2.85 bits per heavy atom. The molecule has 1 aromatic carbocycles. The highest BCUT2D eigenvalue weighted by Crippen LogP contribution is 2.23. The fraction of sp³-hybridized carbons (Fsp3) is 0.273. The quantitative estimate of drug-likeness (QED) is 0.762. The summed E-state index contributed by atoms with van der Waals surface area (Å²) in [4.78, 5) is 0. The first-order valence-corrected chi connectivity index (χ1v) is 4.55. The van der Waals surface area contributed by atoms with Crippen LogP contribution in [0.1, 0.15) is 25.1 Å². The summed E-state index contributed by atoms with van der Waals surface area (Å²) in [6, 6.07) is 9.99. The zero-order chi connectivity index (χ0) is 9.26. The molecule has 0 amide bonds. The van der Waals surface area contributed by atoms with Crippen LogP contribution in [0.5, 0.6) is 0 Å². The van der Waals surface area contributed by atoms with Crippen LogP contribution in [0.4, 0.5) is 0 Å².